The van der Waals surface area contributed by atoms with Gasteiger partial charge < -0.3 is 10.6 Å². The van der Waals surface area contributed by atoms with E-state index in [4.69, 9.17) is 0 Å². The number of rotatable bonds is 5. The number of H-pyrrole nitrogens is 1. The Morgan fingerprint density at radius 1 is 1.04 bits per heavy atom. The molecule has 0 fully saturated rings. The fourth-order valence-electron chi connectivity index (χ4n) is 2.87. The van der Waals surface area contributed by atoms with Crippen LogP contribution in [-0.4, -0.2) is 22.8 Å². The van der Waals surface area contributed by atoms with Crippen LogP contribution < -0.4 is 10.6 Å². The van der Waals surface area contributed by atoms with E-state index in [0.29, 0.717) is 6.54 Å². The summed E-state index contributed by atoms with van der Waals surface area (Å²) in [4.78, 5) is 12.2. The molecule has 128 valence electrons. The number of carbonyl (C=O) groups excluding carboxylic acids is 1. The van der Waals surface area contributed by atoms with Crippen molar-refractivity contribution in [2.75, 3.05) is 11.9 Å². The first-order chi connectivity index (χ1) is 12.1. The highest BCUT2D eigenvalue weighted by Crippen LogP contribution is 2.27. The molecule has 0 bridgehead atoms. The Hall–Kier alpha value is -3.08. The Balaban J connectivity index is 1.62. The van der Waals surface area contributed by atoms with Gasteiger partial charge in [-0.05, 0) is 37.5 Å². The van der Waals surface area contributed by atoms with Crippen molar-refractivity contribution in [2.45, 2.75) is 20.3 Å². The summed E-state index contributed by atoms with van der Waals surface area (Å²) in [6.07, 6.45) is 0.752. The molecule has 3 N–H and O–H groups in total. The minimum Gasteiger partial charge on any atom is -0.338 e. The highest BCUT2D eigenvalue weighted by atomic mass is 16.2. The van der Waals surface area contributed by atoms with Gasteiger partial charge in [-0.3, -0.25) is 5.10 Å². The summed E-state index contributed by atoms with van der Waals surface area (Å²) in [5, 5.41) is 13.0. The molecule has 3 rings (SSSR count). The quantitative estimate of drug-likeness (QED) is 0.658. The number of aryl methyl sites for hydroxylation is 2. The summed E-state index contributed by atoms with van der Waals surface area (Å²) in [5.74, 6) is 0. The van der Waals surface area contributed by atoms with Crippen LogP contribution in [0.25, 0.3) is 11.1 Å². The number of hydrogen-bond donors (Lipinski definition) is 3. The van der Waals surface area contributed by atoms with Crippen molar-refractivity contribution in [2.24, 2.45) is 0 Å². The lowest BCUT2D eigenvalue weighted by atomic mass is 10.0. The summed E-state index contributed by atoms with van der Waals surface area (Å²) in [7, 11) is 0. The minimum atomic E-state index is -0.206. The molecule has 1 aromatic heterocycles. The first-order valence-electron chi connectivity index (χ1n) is 8.35. The van der Waals surface area contributed by atoms with E-state index in [1.807, 2.05) is 68.4 Å². The van der Waals surface area contributed by atoms with Gasteiger partial charge >= 0.3 is 6.03 Å². The van der Waals surface area contributed by atoms with Gasteiger partial charge in [-0.25, -0.2) is 4.79 Å². The van der Waals surface area contributed by atoms with Crippen molar-refractivity contribution in [1.29, 1.82) is 0 Å². The van der Waals surface area contributed by atoms with Crippen LogP contribution in [0.2, 0.25) is 0 Å². The van der Waals surface area contributed by atoms with Gasteiger partial charge in [0.2, 0.25) is 0 Å². The zero-order valence-electron chi connectivity index (χ0n) is 14.5. The van der Waals surface area contributed by atoms with Gasteiger partial charge in [0.1, 0.15) is 0 Å². The molecule has 1 heterocycles. The van der Waals surface area contributed by atoms with E-state index in [1.165, 1.54) is 0 Å². The monoisotopic (exact) mass is 334 g/mol. The summed E-state index contributed by atoms with van der Waals surface area (Å²) in [6.45, 7) is 4.51. The summed E-state index contributed by atoms with van der Waals surface area (Å²) < 4.78 is 0. The third-order valence-corrected chi connectivity index (χ3v) is 4.20. The molecular formula is C20H22N4O. The van der Waals surface area contributed by atoms with Gasteiger partial charge in [-0.2, -0.15) is 5.10 Å². The number of para-hydroxylation sites is 1. The van der Waals surface area contributed by atoms with Crippen molar-refractivity contribution in [1.82, 2.24) is 15.5 Å². The summed E-state index contributed by atoms with van der Waals surface area (Å²) in [6, 6.07) is 17.6. The second-order valence-corrected chi connectivity index (χ2v) is 5.96. The molecule has 5 heteroatoms. The molecule has 3 aromatic rings. The third-order valence-electron chi connectivity index (χ3n) is 4.20. The van der Waals surface area contributed by atoms with Crippen LogP contribution >= 0.6 is 0 Å². The Labute approximate surface area is 147 Å². The molecule has 0 saturated heterocycles. The van der Waals surface area contributed by atoms with Crippen LogP contribution in [0.3, 0.4) is 0 Å². The number of carbonyl (C=O) groups is 1. The minimum absolute atomic E-state index is 0.206. The number of aromatic nitrogens is 2. The van der Waals surface area contributed by atoms with E-state index in [9.17, 15) is 4.79 Å². The normalized spacial score (nSPS) is 10.5. The van der Waals surface area contributed by atoms with Crippen LogP contribution in [0.5, 0.6) is 0 Å². The molecule has 0 saturated carbocycles. The number of urea groups is 1. The van der Waals surface area contributed by atoms with Crippen LogP contribution in [0.1, 0.15) is 17.0 Å². The molecular weight excluding hydrogens is 312 g/mol. The van der Waals surface area contributed by atoms with Crippen molar-refractivity contribution in [3.8, 4) is 11.1 Å². The molecule has 0 unspecified atom stereocenters. The molecule has 0 radical (unpaired) electrons. The largest absolute Gasteiger partial charge is 0.338 e. The van der Waals surface area contributed by atoms with Crippen LogP contribution in [0.4, 0.5) is 10.5 Å². The second kappa shape index (κ2) is 7.66. The SMILES string of the molecule is Cc1n[nH]c(C)c1CCNC(=O)Nc1ccccc1-c1ccccc1. The lowest BCUT2D eigenvalue weighted by Gasteiger charge is -2.12. The molecule has 25 heavy (non-hydrogen) atoms. The van der Waals surface area contributed by atoms with Crippen molar-refractivity contribution < 1.29 is 4.79 Å². The third kappa shape index (κ3) is 4.07. The van der Waals surface area contributed by atoms with E-state index < -0.39 is 0 Å². The summed E-state index contributed by atoms with van der Waals surface area (Å²) in [5.41, 5.74) is 6.05. The standard InChI is InChI=1S/C20H22N4O/c1-14-17(15(2)24-23-14)12-13-21-20(25)22-19-11-7-6-10-18(19)16-8-4-3-5-9-16/h3-11H,12-13H2,1-2H3,(H,23,24)(H2,21,22,25). The molecule has 0 spiro atoms. The highest BCUT2D eigenvalue weighted by Gasteiger charge is 2.09. The molecule has 0 atom stereocenters. The molecule has 0 aliphatic heterocycles. The predicted octanol–water partition coefficient (Wildman–Crippen LogP) is 4.06. The molecule has 5 nitrogen and oxygen atoms in total. The number of nitrogens with zero attached hydrogens (tertiary/aromatic N) is 1. The first kappa shape index (κ1) is 16.8. The molecule has 0 aliphatic rings. The lowest BCUT2D eigenvalue weighted by molar-refractivity contribution is 0.252. The van der Waals surface area contributed by atoms with Gasteiger partial charge in [-0.1, -0.05) is 48.5 Å². The predicted molar refractivity (Wildman–Crippen MR) is 101 cm³/mol. The maximum atomic E-state index is 12.2. The van der Waals surface area contributed by atoms with Gasteiger partial charge in [0.25, 0.3) is 0 Å². The lowest BCUT2D eigenvalue weighted by Crippen LogP contribution is -2.30. The zero-order chi connectivity index (χ0) is 17.6. The number of aromatic amines is 1. The van der Waals surface area contributed by atoms with Crippen LogP contribution in [-0.2, 0) is 6.42 Å². The topological polar surface area (TPSA) is 69.8 Å². The number of benzene rings is 2. The Morgan fingerprint density at radius 3 is 2.48 bits per heavy atom. The van der Waals surface area contributed by atoms with Gasteiger partial charge in [0.05, 0.1) is 11.4 Å². The Morgan fingerprint density at radius 2 is 1.76 bits per heavy atom. The number of hydrogen-bond acceptors (Lipinski definition) is 2. The first-order valence-corrected chi connectivity index (χ1v) is 8.35. The van der Waals surface area contributed by atoms with E-state index in [1.54, 1.807) is 0 Å². The van der Waals surface area contributed by atoms with E-state index >= 15 is 0 Å². The van der Waals surface area contributed by atoms with E-state index in [2.05, 4.69) is 20.8 Å². The van der Waals surface area contributed by atoms with Crippen molar-refractivity contribution in [3.63, 3.8) is 0 Å². The average Bonchev–Trinajstić information content (AvgIpc) is 2.95. The van der Waals surface area contributed by atoms with Gasteiger partial charge in [0, 0.05) is 17.8 Å². The second-order valence-electron chi connectivity index (χ2n) is 5.96. The van der Waals surface area contributed by atoms with Crippen LogP contribution in [0, 0.1) is 13.8 Å². The molecule has 2 aromatic carbocycles. The maximum absolute atomic E-state index is 12.2. The number of nitrogens with one attached hydrogen (secondary N) is 3. The van der Waals surface area contributed by atoms with E-state index in [-0.39, 0.29) is 6.03 Å². The molecule has 0 aliphatic carbocycles. The van der Waals surface area contributed by atoms with Crippen molar-refractivity contribution >= 4 is 11.7 Å². The molecule has 2 amide bonds. The zero-order valence-corrected chi connectivity index (χ0v) is 14.5. The number of amides is 2. The Kier molecular flexibility index (Phi) is 5.14. The van der Waals surface area contributed by atoms with Crippen LogP contribution in [0.15, 0.2) is 54.6 Å². The fraction of sp³-hybridized carbons (Fsp3) is 0.200. The smallest absolute Gasteiger partial charge is 0.319 e. The highest BCUT2D eigenvalue weighted by molar-refractivity contribution is 5.94. The average molecular weight is 334 g/mol. The van der Waals surface area contributed by atoms with Gasteiger partial charge in [-0.15, -0.1) is 0 Å². The maximum Gasteiger partial charge on any atom is 0.319 e. The summed E-state index contributed by atoms with van der Waals surface area (Å²) >= 11 is 0. The number of anilines is 1. The Bertz CT molecular complexity index is 836. The van der Waals surface area contributed by atoms with E-state index in [0.717, 1.165) is 40.2 Å². The van der Waals surface area contributed by atoms with Crippen molar-refractivity contribution in [3.05, 3.63) is 71.5 Å². The van der Waals surface area contributed by atoms with Gasteiger partial charge in [0.15, 0.2) is 0 Å². The fourth-order valence-corrected chi connectivity index (χ4v) is 2.87.